The number of likely N-dealkylation sites (tertiary alicyclic amines) is 1. The van der Waals surface area contributed by atoms with Crippen LogP contribution in [0.4, 0.5) is 20.3 Å². The molecule has 294 valence electrons. The fourth-order valence-corrected chi connectivity index (χ4v) is 8.71. The lowest BCUT2D eigenvalue weighted by molar-refractivity contribution is -0.181. The van der Waals surface area contributed by atoms with Gasteiger partial charge in [-0.3, -0.25) is 33.7 Å². The summed E-state index contributed by atoms with van der Waals surface area (Å²) in [4.78, 5) is 60.9. The molecular weight excluding hydrogens is 726 g/mol. The summed E-state index contributed by atoms with van der Waals surface area (Å²) in [7, 11) is 10.1. The van der Waals surface area contributed by atoms with Crippen molar-refractivity contribution in [2.24, 2.45) is 19.5 Å². The Balaban J connectivity index is 1.04. The third kappa shape index (κ3) is 5.80. The Hall–Kier alpha value is -5.77. The molecule has 1 spiro atoms. The molecule has 16 heteroatoms. The molecule has 3 aliphatic heterocycles. The Kier molecular flexibility index (Phi) is 8.94. The van der Waals surface area contributed by atoms with Crippen LogP contribution in [0.1, 0.15) is 30.9 Å². The molecule has 0 aliphatic carbocycles. The number of carbonyl (C=O) groups is 2. The van der Waals surface area contributed by atoms with Crippen LogP contribution in [0, 0.1) is 5.41 Å². The van der Waals surface area contributed by atoms with E-state index in [0.717, 1.165) is 11.1 Å². The lowest BCUT2D eigenvalue weighted by atomic mass is 9.69. The molecule has 1 atom stereocenters. The van der Waals surface area contributed by atoms with E-state index in [4.69, 9.17) is 9.47 Å². The number of ether oxygens (including phenoxy) is 2. The van der Waals surface area contributed by atoms with Gasteiger partial charge in [0.05, 0.1) is 53.8 Å². The first-order valence-electron chi connectivity index (χ1n) is 18.5. The van der Waals surface area contributed by atoms with Crippen LogP contribution in [-0.4, -0.2) is 95.8 Å². The highest BCUT2D eigenvalue weighted by molar-refractivity contribution is 6.01. The first-order chi connectivity index (χ1) is 26.7. The van der Waals surface area contributed by atoms with Crippen molar-refractivity contribution < 1.29 is 27.8 Å². The van der Waals surface area contributed by atoms with E-state index in [9.17, 15) is 19.2 Å². The number of amides is 2. The van der Waals surface area contributed by atoms with Gasteiger partial charge in [0, 0.05) is 77.6 Å². The van der Waals surface area contributed by atoms with Crippen molar-refractivity contribution >= 4 is 45.1 Å². The number of aryl methyl sites for hydroxylation is 2. The Morgan fingerprint density at radius 2 is 1.70 bits per heavy atom. The summed E-state index contributed by atoms with van der Waals surface area (Å²) in [6.45, 7) is 0.322. The number of para-hydroxylation sites is 1. The third-order valence-electron chi connectivity index (χ3n) is 11.8. The molecule has 3 saturated heterocycles. The number of hydrogen-bond donors (Lipinski definition) is 1. The minimum absolute atomic E-state index is 0.102. The summed E-state index contributed by atoms with van der Waals surface area (Å²) < 4.78 is 48.9. The van der Waals surface area contributed by atoms with Gasteiger partial charge in [-0.25, -0.2) is 18.6 Å². The number of alkyl halides is 2. The Bertz CT molecular complexity index is 2530. The van der Waals surface area contributed by atoms with Gasteiger partial charge in [-0.15, -0.1) is 0 Å². The summed E-state index contributed by atoms with van der Waals surface area (Å²) in [5.41, 5.74) is 2.00. The van der Waals surface area contributed by atoms with Crippen LogP contribution in [0.15, 0.2) is 58.4 Å². The Morgan fingerprint density at radius 3 is 2.34 bits per heavy atom. The fourth-order valence-electron chi connectivity index (χ4n) is 8.71. The van der Waals surface area contributed by atoms with Crippen LogP contribution < -0.4 is 35.8 Å². The summed E-state index contributed by atoms with van der Waals surface area (Å²) in [6.07, 6.45) is 3.91. The van der Waals surface area contributed by atoms with Gasteiger partial charge in [-0.1, -0.05) is 6.07 Å². The molecule has 1 unspecified atom stereocenters. The van der Waals surface area contributed by atoms with Gasteiger partial charge in [0.2, 0.25) is 11.8 Å². The SMILES string of the molecule is COc1cc(-c2cn(C)c(=O)c3cnc(N(C)C)cc23)cc(OC)c1CN1CCC2(CN(c3cccc4c3n(C)c(=O)n4C3CCC(=O)NC3=O)C2)C(F)(F)C1. The molecule has 0 bridgehead atoms. The second-order valence-corrected chi connectivity index (χ2v) is 15.4. The van der Waals surface area contributed by atoms with Crippen molar-refractivity contribution in [2.45, 2.75) is 37.8 Å². The molecule has 3 fully saturated rings. The molecular formula is C40H44F2N8O6. The Morgan fingerprint density at radius 1 is 0.982 bits per heavy atom. The van der Waals surface area contributed by atoms with Crippen molar-refractivity contribution in [3.8, 4) is 22.6 Å². The normalized spacial score (nSPS) is 19.4. The largest absolute Gasteiger partial charge is 0.496 e. The summed E-state index contributed by atoms with van der Waals surface area (Å²) in [6, 6.07) is 10.0. The highest BCUT2D eigenvalue weighted by atomic mass is 19.3. The standard InChI is InChI=1S/C40H44F2N8O6/c1-45(2)33-16-24-25(17-43-33)37(53)46(3)18-26(24)23-14-31(55-5)27(32(15-23)56-6)19-48-13-12-39(40(41,42)22-48)20-49(21-39)28-8-7-9-29-35(28)47(4)38(54)50(29)30-10-11-34(51)44-36(30)52/h7-9,14-18,30H,10-13,19-22H2,1-6H3,(H,44,51,52). The number of imide groups is 1. The minimum atomic E-state index is -3.04. The second-order valence-electron chi connectivity index (χ2n) is 15.4. The number of benzene rings is 2. The number of imidazole rings is 1. The number of carbonyl (C=O) groups excluding carboxylic acids is 2. The minimum Gasteiger partial charge on any atom is -0.496 e. The van der Waals surface area contributed by atoms with Crippen molar-refractivity contribution in [3.63, 3.8) is 0 Å². The van der Waals surface area contributed by atoms with Crippen LogP contribution in [0.3, 0.4) is 0 Å². The highest BCUT2D eigenvalue weighted by Crippen LogP contribution is 2.52. The van der Waals surface area contributed by atoms with Crippen LogP contribution >= 0.6 is 0 Å². The number of pyridine rings is 2. The number of piperidine rings is 2. The van der Waals surface area contributed by atoms with Gasteiger partial charge >= 0.3 is 5.69 Å². The predicted octanol–water partition coefficient (Wildman–Crippen LogP) is 3.66. The topological polar surface area (TPSA) is 136 Å². The average molecular weight is 771 g/mol. The summed E-state index contributed by atoms with van der Waals surface area (Å²) in [5, 5.41) is 3.49. The molecule has 0 radical (unpaired) electrons. The molecule has 5 aromatic rings. The quantitative estimate of drug-likeness (QED) is 0.233. The molecule has 8 rings (SSSR count). The molecule has 3 aliphatic rings. The van der Waals surface area contributed by atoms with Gasteiger partial charge in [0.1, 0.15) is 23.4 Å². The van der Waals surface area contributed by atoms with E-state index < -0.39 is 35.5 Å². The molecule has 2 aromatic carbocycles. The van der Waals surface area contributed by atoms with Crippen molar-refractivity contribution in [1.82, 2.24) is 28.9 Å². The molecule has 14 nitrogen and oxygen atoms in total. The lowest BCUT2D eigenvalue weighted by Gasteiger charge is -2.58. The number of rotatable bonds is 8. The summed E-state index contributed by atoms with van der Waals surface area (Å²) in [5.74, 6) is -2.30. The zero-order chi connectivity index (χ0) is 39.8. The van der Waals surface area contributed by atoms with Gasteiger partial charge in [0.15, 0.2) is 0 Å². The van der Waals surface area contributed by atoms with Gasteiger partial charge < -0.3 is 23.8 Å². The Labute approximate surface area is 320 Å². The van der Waals surface area contributed by atoms with Gasteiger partial charge in [-0.05, 0) is 55.3 Å². The zero-order valence-corrected chi connectivity index (χ0v) is 32.2. The van der Waals surface area contributed by atoms with E-state index in [2.05, 4.69) is 10.3 Å². The van der Waals surface area contributed by atoms with Crippen molar-refractivity contribution in [2.75, 3.05) is 64.3 Å². The number of halogens is 2. The van der Waals surface area contributed by atoms with Crippen LogP contribution in [0.5, 0.6) is 11.5 Å². The zero-order valence-electron chi connectivity index (χ0n) is 32.2. The molecule has 2 amide bonds. The third-order valence-corrected chi connectivity index (χ3v) is 11.8. The summed E-state index contributed by atoms with van der Waals surface area (Å²) >= 11 is 0. The number of anilines is 2. The highest BCUT2D eigenvalue weighted by Gasteiger charge is 2.62. The van der Waals surface area contributed by atoms with Crippen molar-refractivity contribution in [1.29, 1.82) is 0 Å². The van der Waals surface area contributed by atoms with Crippen LogP contribution in [0.25, 0.3) is 32.9 Å². The molecule has 6 heterocycles. The van der Waals surface area contributed by atoms with Crippen LogP contribution in [0.2, 0.25) is 0 Å². The molecule has 56 heavy (non-hydrogen) atoms. The fraction of sp³-hybridized carbons (Fsp3) is 0.425. The van der Waals surface area contributed by atoms with E-state index in [-0.39, 0.29) is 50.4 Å². The maximum Gasteiger partial charge on any atom is 0.329 e. The molecule has 3 aromatic heterocycles. The van der Waals surface area contributed by atoms with E-state index in [1.54, 1.807) is 43.5 Å². The predicted molar refractivity (Wildman–Crippen MR) is 208 cm³/mol. The first kappa shape index (κ1) is 37.2. The lowest BCUT2D eigenvalue weighted by Crippen LogP contribution is -2.70. The maximum atomic E-state index is 16.4. The number of fused-ring (bicyclic) bond motifs is 2. The average Bonchev–Trinajstić information content (AvgIpc) is 3.40. The first-order valence-corrected chi connectivity index (χ1v) is 18.5. The smallest absolute Gasteiger partial charge is 0.329 e. The number of aromatic nitrogens is 4. The molecule has 0 saturated carbocycles. The van der Waals surface area contributed by atoms with E-state index in [0.29, 0.717) is 56.9 Å². The van der Waals surface area contributed by atoms with Gasteiger partial charge in [-0.2, -0.15) is 0 Å². The molecule has 1 N–H and O–H groups in total. The number of methoxy groups -OCH3 is 2. The van der Waals surface area contributed by atoms with E-state index in [1.165, 1.54) is 27.9 Å². The number of nitrogens with one attached hydrogen (secondary N) is 1. The number of hydrogen-bond acceptors (Lipinski definition) is 10. The van der Waals surface area contributed by atoms with E-state index >= 15 is 8.78 Å². The second kappa shape index (κ2) is 13.5. The maximum absolute atomic E-state index is 16.4. The van der Waals surface area contributed by atoms with Gasteiger partial charge in [0.25, 0.3) is 11.5 Å². The number of nitrogens with zero attached hydrogens (tertiary/aromatic N) is 7. The van der Waals surface area contributed by atoms with E-state index in [1.807, 2.05) is 48.2 Å². The van der Waals surface area contributed by atoms with Crippen LogP contribution in [-0.2, 0) is 30.2 Å². The van der Waals surface area contributed by atoms with Crippen molar-refractivity contribution in [3.05, 3.63) is 75.2 Å². The monoisotopic (exact) mass is 770 g/mol.